The van der Waals surface area contributed by atoms with E-state index in [9.17, 15) is 9.59 Å². The Labute approximate surface area is 173 Å². The maximum atomic E-state index is 11.8. The maximum absolute atomic E-state index is 11.8. The summed E-state index contributed by atoms with van der Waals surface area (Å²) in [6.07, 6.45) is 3.31. The van der Waals surface area contributed by atoms with Gasteiger partial charge in [-0.05, 0) is 66.8 Å². The molecule has 0 aromatic heterocycles. The average molecular weight is 420 g/mol. The molecule has 0 spiro atoms. The van der Waals surface area contributed by atoms with Crippen LogP contribution in [0.2, 0.25) is 5.02 Å². The minimum absolute atomic E-state index is 0.210. The van der Waals surface area contributed by atoms with E-state index in [0.29, 0.717) is 23.1 Å². The smallest absolute Gasteiger partial charge is 0.344 e. The molecule has 0 bridgehead atoms. The molecular formula is C21H22ClNO4S. The van der Waals surface area contributed by atoms with Crippen LogP contribution < -0.4 is 10.1 Å². The second-order valence-corrected chi connectivity index (χ2v) is 7.99. The molecule has 5 nitrogen and oxygen atoms in total. The molecule has 2 aromatic carbocycles. The molecule has 2 aromatic rings. The number of fused-ring (bicyclic) bond motifs is 1. The molecule has 28 heavy (non-hydrogen) atoms. The van der Waals surface area contributed by atoms with Gasteiger partial charge in [0, 0.05) is 22.2 Å². The van der Waals surface area contributed by atoms with Crippen LogP contribution in [0.4, 0.5) is 0 Å². The summed E-state index contributed by atoms with van der Waals surface area (Å²) >= 11 is 7.45. The Morgan fingerprint density at radius 2 is 1.82 bits per heavy atom. The van der Waals surface area contributed by atoms with Crippen molar-refractivity contribution in [1.29, 1.82) is 0 Å². The highest BCUT2D eigenvalue weighted by Gasteiger charge is 2.13. The van der Waals surface area contributed by atoms with E-state index in [1.54, 1.807) is 11.8 Å². The summed E-state index contributed by atoms with van der Waals surface area (Å²) in [6, 6.07) is 13.4. The summed E-state index contributed by atoms with van der Waals surface area (Å²) in [7, 11) is 0. The van der Waals surface area contributed by atoms with Gasteiger partial charge >= 0.3 is 5.97 Å². The maximum Gasteiger partial charge on any atom is 0.344 e. The van der Waals surface area contributed by atoms with E-state index >= 15 is 0 Å². The fourth-order valence-corrected chi connectivity index (χ4v) is 3.80. The van der Waals surface area contributed by atoms with Crippen molar-refractivity contribution in [3.63, 3.8) is 0 Å². The van der Waals surface area contributed by atoms with Crippen molar-refractivity contribution in [3.05, 3.63) is 58.6 Å². The molecule has 7 heteroatoms. The first kappa shape index (κ1) is 20.6. The van der Waals surface area contributed by atoms with Crippen LogP contribution in [0, 0.1) is 0 Å². The number of nitrogens with one attached hydrogen (secondary N) is 1. The van der Waals surface area contributed by atoms with E-state index < -0.39 is 5.97 Å². The van der Waals surface area contributed by atoms with Gasteiger partial charge in [-0.15, -0.1) is 11.8 Å². The number of hydrogen-bond acceptors (Lipinski definition) is 5. The van der Waals surface area contributed by atoms with Crippen molar-refractivity contribution < 1.29 is 19.1 Å². The van der Waals surface area contributed by atoms with E-state index in [1.807, 2.05) is 42.5 Å². The van der Waals surface area contributed by atoms with Gasteiger partial charge in [-0.3, -0.25) is 4.79 Å². The first-order valence-electron chi connectivity index (χ1n) is 9.15. The Kier molecular flexibility index (Phi) is 7.62. The molecule has 0 fully saturated rings. The number of aryl methyl sites for hydroxylation is 2. The molecular weight excluding hydrogens is 398 g/mol. The lowest BCUT2D eigenvalue weighted by Gasteiger charge is -2.09. The summed E-state index contributed by atoms with van der Waals surface area (Å²) in [4.78, 5) is 24.6. The number of halogens is 1. The zero-order valence-electron chi connectivity index (χ0n) is 15.4. The van der Waals surface area contributed by atoms with E-state index in [1.165, 1.54) is 11.1 Å². The van der Waals surface area contributed by atoms with Gasteiger partial charge in [0.2, 0.25) is 0 Å². The van der Waals surface area contributed by atoms with Gasteiger partial charge in [-0.1, -0.05) is 17.7 Å². The predicted octanol–water partition coefficient (Wildman–Crippen LogP) is 3.66. The number of thioether (sulfide) groups is 1. The Morgan fingerprint density at radius 3 is 2.64 bits per heavy atom. The molecule has 0 heterocycles. The molecule has 1 amide bonds. The molecule has 1 aliphatic carbocycles. The lowest BCUT2D eigenvalue weighted by molar-refractivity contribution is -0.150. The third-order valence-corrected chi connectivity index (χ3v) is 5.56. The topological polar surface area (TPSA) is 64.6 Å². The Morgan fingerprint density at radius 1 is 1.04 bits per heavy atom. The van der Waals surface area contributed by atoms with Crippen molar-refractivity contribution in [2.45, 2.75) is 24.2 Å². The molecule has 0 aliphatic heterocycles. The number of amides is 1. The first-order valence-corrected chi connectivity index (χ1v) is 10.5. The normalized spacial score (nSPS) is 12.3. The lowest BCUT2D eigenvalue weighted by Crippen LogP contribution is -2.31. The third-order valence-electron chi connectivity index (χ3n) is 4.30. The van der Waals surface area contributed by atoms with Gasteiger partial charge < -0.3 is 14.8 Å². The summed E-state index contributed by atoms with van der Waals surface area (Å²) < 4.78 is 10.4. The van der Waals surface area contributed by atoms with E-state index in [0.717, 1.165) is 24.2 Å². The monoisotopic (exact) mass is 419 g/mol. The van der Waals surface area contributed by atoms with Crippen molar-refractivity contribution >= 4 is 35.2 Å². The Bertz CT molecular complexity index is 826. The zero-order chi connectivity index (χ0) is 19.8. The second kappa shape index (κ2) is 10.4. The van der Waals surface area contributed by atoms with E-state index in [4.69, 9.17) is 21.1 Å². The highest BCUT2D eigenvalue weighted by Crippen LogP contribution is 2.26. The molecule has 1 aliphatic rings. The fraction of sp³-hybridized carbons (Fsp3) is 0.333. The fourth-order valence-electron chi connectivity index (χ4n) is 2.91. The van der Waals surface area contributed by atoms with Gasteiger partial charge in [-0.25, -0.2) is 4.79 Å². The van der Waals surface area contributed by atoms with Gasteiger partial charge in [-0.2, -0.15) is 0 Å². The minimum Gasteiger partial charge on any atom is -0.482 e. The molecule has 148 valence electrons. The third kappa shape index (κ3) is 6.46. The minimum atomic E-state index is -0.564. The van der Waals surface area contributed by atoms with E-state index in [-0.39, 0.29) is 19.1 Å². The van der Waals surface area contributed by atoms with Crippen LogP contribution in [0.5, 0.6) is 5.75 Å². The summed E-state index contributed by atoms with van der Waals surface area (Å²) in [5.74, 6) is 0.470. The molecule has 0 saturated carbocycles. The molecule has 1 N–H and O–H groups in total. The van der Waals surface area contributed by atoms with E-state index in [2.05, 4.69) is 5.32 Å². The summed E-state index contributed by atoms with van der Waals surface area (Å²) in [6.45, 7) is -0.0359. The van der Waals surface area contributed by atoms with Crippen molar-refractivity contribution in [1.82, 2.24) is 5.32 Å². The van der Waals surface area contributed by atoms with Crippen LogP contribution in [0.25, 0.3) is 0 Å². The number of benzene rings is 2. The molecule has 0 saturated heterocycles. The van der Waals surface area contributed by atoms with Crippen LogP contribution >= 0.6 is 23.4 Å². The quantitative estimate of drug-likeness (QED) is 0.381. The van der Waals surface area contributed by atoms with Gasteiger partial charge in [0.15, 0.2) is 13.2 Å². The number of hydrogen-bond donors (Lipinski definition) is 1. The van der Waals surface area contributed by atoms with Gasteiger partial charge in [0.25, 0.3) is 5.91 Å². The van der Waals surface area contributed by atoms with Crippen LogP contribution in [0.3, 0.4) is 0 Å². The highest BCUT2D eigenvalue weighted by molar-refractivity contribution is 7.99. The summed E-state index contributed by atoms with van der Waals surface area (Å²) in [5.41, 5.74) is 2.63. The first-order chi connectivity index (χ1) is 13.6. The van der Waals surface area contributed by atoms with Crippen LogP contribution in [-0.4, -0.2) is 37.4 Å². The van der Waals surface area contributed by atoms with Crippen molar-refractivity contribution in [3.8, 4) is 5.75 Å². The van der Waals surface area contributed by atoms with Gasteiger partial charge in [0.1, 0.15) is 5.75 Å². The van der Waals surface area contributed by atoms with Crippen LogP contribution in [0.1, 0.15) is 17.5 Å². The zero-order valence-corrected chi connectivity index (χ0v) is 17.0. The standard InChI is InChI=1S/C21H22ClNO4S/c22-17-5-8-19(9-6-17)28-11-10-23-20(24)13-27-21(25)14-26-18-7-4-15-2-1-3-16(15)12-18/h4-9,12H,1-3,10-11,13-14H2,(H,23,24). The molecule has 0 unspecified atom stereocenters. The molecule has 0 atom stereocenters. The van der Waals surface area contributed by atoms with Crippen LogP contribution in [0.15, 0.2) is 47.4 Å². The number of esters is 1. The SMILES string of the molecule is O=C(COC(=O)COc1ccc2c(c1)CCC2)NCCSc1ccc(Cl)cc1. The molecule has 3 rings (SSSR count). The average Bonchev–Trinajstić information content (AvgIpc) is 3.17. The number of ether oxygens (including phenoxy) is 2. The predicted molar refractivity (Wildman–Crippen MR) is 110 cm³/mol. The second-order valence-electron chi connectivity index (χ2n) is 6.39. The number of carbonyl (C=O) groups is 2. The highest BCUT2D eigenvalue weighted by atomic mass is 35.5. The Hall–Kier alpha value is -2.18. The van der Waals surface area contributed by atoms with Crippen molar-refractivity contribution in [2.75, 3.05) is 25.5 Å². The molecule has 0 radical (unpaired) electrons. The van der Waals surface area contributed by atoms with Crippen molar-refractivity contribution in [2.24, 2.45) is 0 Å². The Balaban J connectivity index is 1.27. The lowest BCUT2D eigenvalue weighted by atomic mass is 10.1. The number of rotatable bonds is 9. The van der Waals surface area contributed by atoms with Crippen LogP contribution in [-0.2, 0) is 27.2 Å². The largest absolute Gasteiger partial charge is 0.482 e. The van der Waals surface area contributed by atoms with Gasteiger partial charge in [0.05, 0.1) is 0 Å². The summed E-state index contributed by atoms with van der Waals surface area (Å²) in [5, 5.41) is 3.41. The number of carbonyl (C=O) groups excluding carboxylic acids is 2.